The van der Waals surface area contributed by atoms with Crippen LogP contribution in [-0.4, -0.2) is 49.1 Å². The minimum Gasteiger partial charge on any atom is -0.490 e. The van der Waals surface area contributed by atoms with Crippen LogP contribution >= 0.6 is 0 Å². The molecule has 0 saturated heterocycles. The van der Waals surface area contributed by atoms with Gasteiger partial charge in [0.2, 0.25) is 11.8 Å². The zero-order valence-electron chi connectivity index (χ0n) is 21.8. The second-order valence-corrected chi connectivity index (χ2v) is 8.54. The van der Waals surface area contributed by atoms with Crippen molar-refractivity contribution in [3.05, 3.63) is 59.7 Å². The van der Waals surface area contributed by atoms with Crippen LogP contribution in [0.1, 0.15) is 64.5 Å². The van der Waals surface area contributed by atoms with Gasteiger partial charge in [0, 0.05) is 19.5 Å². The van der Waals surface area contributed by atoms with E-state index in [-0.39, 0.29) is 11.8 Å². The van der Waals surface area contributed by atoms with Crippen molar-refractivity contribution >= 4 is 11.8 Å². The van der Waals surface area contributed by atoms with Crippen molar-refractivity contribution in [3.8, 4) is 11.5 Å². The normalized spacial score (nSPS) is 11.5. The Morgan fingerprint density at radius 2 is 1.60 bits per heavy atom. The molecular weight excluding hydrogens is 440 g/mol. The third kappa shape index (κ3) is 9.27. The maximum atomic E-state index is 13.4. The number of amides is 2. The summed E-state index contributed by atoms with van der Waals surface area (Å²) in [6.45, 7) is 10.2. The molecule has 6 nitrogen and oxygen atoms in total. The SMILES string of the molecule is CCCCNC(=O)[C@@H](CC)N(CCc1ccccc1)C(=O)CCc1ccc(OCC)c(OCC)c1. The van der Waals surface area contributed by atoms with E-state index >= 15 is 0 Å². The summed E-state index contributed by atoms with van der Waals surface area (Å²) in [4.78, 5) is 28.2. The molecule has 0 heterocycles. The molecule has 0 spiro atoms. The molecule has 0 aromatic heterocycles. The number of unbranched alkanes of at least 4 members (excludes halogenated alkanes) is 1. The van der Waals surface area contributed by atoms with Gasteiger partial charge in [0.25, 0.3) is 0 Å². The maximum Gasteiger partial charge on any atom is 0.242 e. The molecule has 2 aromatic rings. The maximum absolute atomic E-state index is 13.4. The molecule has 35 heavy (non-hydrogen) atoms. The molecule has 0 radical (unpaired) electrons. The van der Waals surface area contributed by atoms with Gasteiger partial charge in [-0.1, -0.05) is 56.7 Å². The minimum atomic E-state index is -0.470. The first-order valence-electron chi connectivity index (χ1n) is 13.0. The van der Waals surface area contributed by atoms with Crippen molar-refractivity contribution in [2.75, 3.05) is 26.3 Å². The van der Waals surface area contributed by atoms with Crippen molar-refractivity contribution in [3.63, 3.8) is 0 Å². The van der Waals surface area contributed by atoms with Crippen LogP contribution in [-0.2, 0) is 22.4 Å². The van der Waals surface area contributed by atoms with Gasteiger partial charge in [-0.05, 0) is 62.8 Å². The predicted octanol–water partition coefficient (Wildman–Crippen LogP) is 5.18. The van der Waals surface area contributed by atoms with Crippen LogP contribution in [0.5, 0.6) is 11.5 Å². The van der Waals surface area contributed by atoms with Crippen molar-refractivity contribution in [1.82, 2.24) is 10.2 Å². The second kappa shape index (κ2) is 15.8. The zero-order chi connectivity index (χ0) is 25.5. The first-order valence-corrected chi connectivity index (χ1v) is 13.0. The summed E-state index contributed by atoms with van der Waals surface area (Å²) in [6, 6.07) is 15.4. The van der Waals surface area contributed by atoms with Crippen LogP contribution in [0.15, 0.2) is 48.5 Å². The molecule has 1 atom stereocenters. The number of nitrogens with one attached hydrogen (secondary N) is 1. The Morgan fingerprint density at radius 1 is 0.886 bits per heavy atom. The van der Waals surface area contributed by atoms with Crippen molar-refractivity contribution in [2.45, 2.75) is 72.3 Å². The fourth-order valence-corrected chi connectivity index (χ4v) is 4.05. The lowest BCUT2D eigenvalue weighted by Gasteiger charge is -2.31. The molecule has 0 fully saturated rings. The van der Waals surface area contributed by atoms with E-state index < -0.39 is 6.04 Å². The molecule has 2 rings (SSSR count). The van der Waals surface area contributed by atoms with E-state index in [1.54, 1.807) is 4.90 Å². The highest BCUT2D eigenvalue weighted by molar-refractivity contribution is 5.87. The van der Waals surface area contributed by atoms with Gasteiger partial charge in [0.05, 0.1) is 13.2 Å². The number of rotatable bonds is 16. The molecule has 192 valence electrons. The third-order valence-corrected chi connectivity index (χ3v) is 5.94. The largest absolute Gasteiger partial charge is 0.490 e. The van der Waals surface area contributed by atoms with Gasteiger partial charge in [-0.25, -0.2) is 0 Å². The summed E-state index contributed by atoms with van der Waals surface area (Å²) >= 11 is 0. The lowest BCUT2D eigenvalue weighted by atomic mass is 10.1. The Hall–Kier alpha value is -3.02. The van der Waals surface area contributed by atoms with E-state index in [1.165, 1.54) is 0 Å². The smallest absolute Gasteiger partial charge is 0.242 e. The Bertz CT molecular complexity index is 901. The van der Waals surface area contributed by atoms with Gasteiger partial charge in [-0.2, -0.15) is 0 Å². The van der Waals surface area contributed by atoms with Gasteiger partial charge >= 0.3 is 0 Å². The Kier molecular flexibility index (Phi) is 12.7. The number of carbonyl (C=O) groups excluding carboxylic acids is 2. The molecular formula is C29H42N2O4. The molecule has 0 aliphatic rings. The van der Waals surface area contributed by atoms with Gasteiger partial charge in [0.1, 0.15) is 6.04 Å². The number of aryl methyl sites for hydroxylation is 1. The summed E-state index contributed by atoms with van der Waals surface area (Å²) in [6.07, 6.45) is 4.13. The van der Waals surface area contributed by atoms with Crippen molar-refractivity contribution < 1.29 is 19.1 Å². The fraction of sp³-hybridized carbons (Fsp3) is 0.517. The number of hydrogen-bond acceptors (Lipinski definition) is 4. The Balaban J connectivity index is 2.14. The van der Waals surface area contributed by atoms with Crippen molar-refractivity contribution in [2.24, 2.45) is 0 Å². The quantitative estimate of drug-likeness (QED) is 0.335. The predicted molar refractivity (Wildman–Crippen MR) is 141 cm³/mol. The number of benzene rings is 2. The molecule has 1 N–H and O–H groups in total. The summed E-state index contributed by atoms with van der Waals surface area (Å²) in [5.74, 6) is 1.33. The minimum absolute atomic E-state index is 0.00901. The Morgan fingerprint density at radius 3 is 2.26 bits per heavy atom. The van der Waals surface area contributed by atoms with E-state index in [9.17, 15) is 9.59 Å². The van der Waals surface area contributed by atoms with E-state index in [4.69, 9.17) is 9.47 Å². The van der Waals surface area contributed by atoms with Crippen LogP contribution in [0, 0.1) is 0 Å². The van der Waals surface area contributed by atoms with Crippen LogP contribution < -0.4 is 14.8 Å². The monoisotopic (exact) mass is 482 g/mol. The van der Waals surface area contributed by atoms with Crippen molar-refractivity contribution in [1.29, 1.82) is 0 Å². The van der Waals surface area contributed by atoms with Crippen LogP contribution in [0.3, 0.4) is 0 Å². The summed E-state index contributed by atoms with van der Waals surface area (Å²) < 4.78 is 11.4. The molecule has 2 amide bonds. The summed E-state index contributed by atoms with van der Waals surface area (Å²) in [5, 5.41) is 3.02. The van der Waals surface area contributed by atoms with E-state index in [0.717, 1.165) is 24.0 Å². The molecule has 2 aromatic carbocycles. The lowest BCUT2D eigenvalue weighted by Crippen LogP contribution is -2.50. The molecule has 0 aliphatic carbocycles. The highest BCUT2D eigenvalue weighted by atomic mass is 16.5. The standard InChI is InChI=1S/C29H42N2O4/c1-5-9-20-30-29(33)25(6-2)31(21-19-23-13-11-10-12-14-23)28(32)18-16-24-15-17-26(34-7-3)27(22-24)35-8-4/h10-15,17,22,25H,5-9,16,18-21H2,1-4H3,(H,30,33)/t25-/m1/s1. The first kappa shape index (κ1) is 28.2. The average Bonchev–Trinajstić information content (AvgIpc) is 2.87. The lowest BCUT2D eigenvalue weighted by molar-refractivity contribution is -0.140. The second-order valence-electron chi connectivity index (χ2n) is 8.54. The van der Waals surface area contributed by atoms with Crippen LogP contribution in [0.25, 0.3) is 0 Å². The van der Waals surface area contributed by atoms with E-state index in [2.05, 4.69) is 24.4 Å². The number of ether oxygens (including phenoxy) is 2. The highest BCUT2D eigenvalue weighted by Crippen LogP contribution is 2.29. The van der Waals surface area contributed by atoms with E-state index in [0.29, 0.717) is 63.5 Å². The highest BCUT2D eigenvalue weighted by Gasteiger charge is 2.27. The molecule has 0 saturated carbocycles. The van der Waals surface area contributed by atoms with Crippen LogP contribution in [0.2, 0.25) is 0 Å². The molecule has 0 unspecified atom stereocenters. The van der Waals surface area contributed by atoms with Gasteiger partial charge < -0.3 is 19.7 Å². The zero-order valence-corrected chi connectivity index (χ0v) is 21.8. The first-order chi connectivity index (χ1) is 17.0. The fourth-order valence-electron chi connectivity index (χ4n) is 4.05. The summed E-state index contributed by atoms with van der Waals surface area (Å²) in [7, 11) is 0. The Labute approximate surface area is 211 Å². The van der Waals surface area contributed by atoms with Gasteiger partial charge in [-0.15, -0.1) is 0 Å². The molecule has 0 aliphatic heterocycles. The number of nitrogens with zero attached hydrogens (tertiary/aromatic N) is 1. The number of carbonyl (C=O) groups is 2. The topological polar surface area (TPSA) is 67.9 Å². The molecule has 0 bridgehead atoms. The molecule has 6 heteroatoms. The number of hydrogen-bond donors (Lipinski definition) is 1. The third-order valence-electron chi connectivity index (χ3n) is 5.94. The van der Waals surface area contributed by atoms with Gasteiger partial charge in [-0.3, -0.25) is 9.59 Å². The van der Waals surface area contributed by atoms with E-state index in [1.807, 2.05) is 57.2 Å². The van der Waals surface area contributed by atoms with Gasteiger partial charge in [0.15, 0.2) is 11.5 Å². The summed E-state index contributed by atoms with van der Waals surface area (Å²) in [5.41, 5.74) is 2.16. The van der Waals surface area contributed by atoms with Crippen LogP contribution in [0.4, 0.5) is 0 Å². The average molecular weight is 483 g/mol.